The van der Waals surface area contributed by atoms with Gasteiger partial charge in [-0.2, -0.15) is 0 Å². The van der Waals surface area contributed by atoms with Crippen LogP contribution >= 0.6 is 0 Å². The van der Waals surface area contributed by atoms with Crippen molar-refractivity contribution in [2.75, 3.05) is 40.0 Å². The number of hydrogen-bond acceptors (Lipinski definition) is 5. The molecule has 0 unspecified atom stereocenters. The smallest absolute Gasteiger partial charge is 0.222 e. The number of methoxy groups -OCH3 is 1. The minimum atomic E-state index is -0.214. The zero-order valence-electron chi connectivity index (χ0n) is 24.2. The second-order valence-corrected chi connectivity index (χ2v) is 11.6. The van der Waals surface area contributed by atoms with Crippen LogP contribution in [0.15, 0.2) is 0 Å². The molecule has 1 atom stereocenters. The molecule has 0 bridgehead atoms. The number of unbranched alkanes of at least 4 members (excludes halogenated alkanes) is 3. The van der Waals surface area contributed by atoms with Crippen molar-refractivity contribution in [1.82, 2.24) is 16.0 Å². The second-order valence-electron chi connectivity index (χ2n) is 11.6. The highest BCUT2D eigenvalue weighted by atomic mass is 16.5. The topological polar surface area (TPSA) is 106 Å². The van der Waals surface area contributed by atoms with Crippen LogP contribution in [-0.4, -0.2) is 63.8 Å². The van der Waals surface area contributed by atoms with Gasteiger partial charge in [0.2, 0.25) is 17.7 Å². The third-order valence-electron chi connectivity index (χ3n) is 5.87. The van der Waals surface area contributed by atoms with Gasteiger partial charge in [0.05, 0.1) is 19.8 Å². The van der Waals surface area contributed by atoms with E-state index >= 15 is 0 Å². The van der Waals surface area contributed by atoms with Gasteiger partial charge in [0, 0.05) is 56.3 Å². The fourth-order valence-corrected chi connectivity index (χ4v) is 3.84. The molecule has 0 aromatic carbocycles. The summed E-state index contributed by atoms with van der Waals surface area (Å²) in [7, 11) is 1.69. The highest BCUT2D eigenvalue weighted by Gasteiger charge is 2.24. The van der Waals surface area contributed by atoms with E-state index in [9.17, 15) is 14.4 Å². The van der Waals surface area contributed by atoms with Crippen LogP contribution in [0.1, 0.15) is 106 Å². The van der Waals surface area contributed by atoms with Crippen LogP contribution in [0.3, 0.4) is 0 Å². The van der Waals surface area contributed by atoms with Crippen LogP contribution < -0.4 is 16.0 Å². The van der Waals surface area contributed by atoms with Gasteiger partial charge in [-0.05, 0) is 32.1 Å². The molecule has 3 N–H and O–H groups in total. The summed E-state index contributed by atoms with van der Waals surface area (Å²) in [5.74, 6) is 0.00862. The fourth-order valence-electron chi connectivity index (χ4n) is 3.84. The van der Waals surface area contributed by atoms with E-state index in [4.69, 9.17) is 9.47 Å². The Hall–Kier alpha value is -1.67. The van der Waals surface area contributed by atoms with Crippen LogP contribution in [0.25, 0.3) is 0 Å². The highest BCUT2D eigenvalue weighted by molar-refractivity contribution is 5.79. The van der Waals surface area contributed by atoms with E-state index in [1.165, 1.54) is 0 Å². The quantitative estimate of drug-likeness (QED) is 0.187. The fraction of sp³-hybridized carbons (Fsp3) is 0.893. The van der Waals surface area contributed by atoms with Gasteiger partial charge >= 0.3 is 0 Å². The number of carbonyl (C=O) groups excluding carboxylic acids is 3. The molecular weight excluding hydrogens is 458 g/mol. The minimum absolute atomic E-state index is 0.00454. The lowest BCUT2D eigenvalue weighted by Gasteiger charge is -2.29. The van der Waals surface area contributed by atoms with Gasteiger partial charge in [0.1, 0.15) is 0 Å². The molecule has 0 aliphatic carbocycles. The first kappa shape index (κ1) is 34.3. The molecule has 0 aromatic heterocycles. The van der Waals surface area contributed by atoms with Gasteiger partial charge in [-0.25, -0.2) is 0 Å². The average Bonchev–Trinajstić information content (AvgIpc) is 2.77. The lowest BCUT2D eigenvalue weighted by molar-refractivity contribution is -0.124. The zero-order chi connectivity index (χ0) is 27.5. The molecule has 212 valence electrons. The summed E-state index contributed by atoms with van der Waals surface area (Å²) >= 11 is 0. The number of hydrogen-bond donors (Lipinski definition) is 3. The van der Waals surface area contributed by atoms with E-state index in [1.807, 2.05) is 6.92 Å². The van der Waals surface area contributed by atoms with Crippen molar-refractivity contribution in [2.24, 2.45) is 10.8 Å². The van der Waals surface area contributed by atoms with Crippen LogP contribution in [0.5, 0.6) is 0 Å². The molecule has 0 aliphatic rings. The van der Waals surface area contributed by atoms with Crippen LogP contribution in [0.4, 0.5) is 0 Å². The Labute approximate surface area is 220 Å². The molecule has 0 radical (unpaired) electrons. The van der Waals surface area contributed by atoms with E-state index in [0.717, 1.165) is 38.5 Å². The molecule has 0 saturated carbocycles. The molecule has 0 fully saturated rings. The number of amides is 3. The summed E-state index contributed by atoms with van der Waals surface area (Å²) in [6.07, 6.45) is 7.42. The first-order valence-electron chi connectivity index (χ1n) is 13.8. The molecule has 8 nitrogen and oxygen atoms in total. The van der Waals surface area contributed by atoms with Gasteiger partial charge in [0.15, 0.2) is 0 Å². The predicted octanol–water partition coefficient (Wildman–Crippen LogP) is 4.36. The number of nitrogens with one attached hydrogen (secondary N) is 3. The summed E-state index contributed by atoms with van der Waals surface area (Å²) in [6.45, 7) is 15.3. The lowest BCUT2D eigenvalue weighted by Crippen LogP contribution is -2.42. The Morgan fingerprint density at radius 2 is 1.44 bits per heavy atom. The molecular formula is C28H55N3O5. The molecule has 8 heteroatoms. The maximum absolute atomic E-state index is 12.7. The Kier molecular flexibility index (Phi) is 18.5. The summed E-state index contributed by atoms with van der Waals surface area (Å²) in [5.41, 5.74) is -0.274. The van der Waals surface area contributed by atoms with Gasteiger partial charge in [-0.3, -0.25) is 14.4 Å². The monoisotopic (exact) mass is 513 g/mol. The van der Waals surface area contributed by atoms with E-state index in [1.54, 1.807) is 7.11 Å². The predicted molar refractivity (Wildman–Crippen MR) is 146 cm³/mol. The molecule has 0 rings (SSSR count). The molecule has 0 heterocycles. The van der Waals surface area contributed by atoms with Crippen molar-refractivity contribution in [3.63, 3.8) is 0 Å². The maximum Gasteiger partial charge on any atom is 0.222 e. The molecule has 36 heavy (non-hydrogen) atoms. The van der Waals surface area contributed by atoms with Gasteiger partial charge < -0.3 is 25.4 Å². The Morgan fingerprint density at radius 3 is 2.08 bits per heavy atom. The summed E-state index contributed by atoms with van der Waals surface area (Å²) in [5, 5.41) is 9.01. The first-order chi connectivity index (χ1) is 16.9. The Bertz CT molecular complexity index is 622. The van der Waals surface area contributed by atoms with Crippen molar-refractivity contribution in [3.8, 4) is 0 Å². The normalized spacial score (nSPS) is 12.8. The number of carbonyl (C=O) groups is 3. The van der Waals surface area contributed by atoms with E-state index < -0.39 is 0 Å². The zero-order valence-corrected chi connectivity index (χ0v) is 24.2. The van der Waals surface area contributed by atoms with Crippen molar-refractivity contribution in [3.05, 3.63) is 0 Å². The second kappa shape index (κ2) is 19.4. The van der Waals surface area contributed by atoms with E-state index in [0.29, 0.717) is 52.2 Å². The van der Waals surface area contributed by atoms with Crippen molar-refractivity contribution >= 4 is 17.7 Å². The third kappa shape index (κ3) is 19.5. The lowest BCUT2D eigenvalue weighted by atomic mass is 9.93. The SMILES string of the molecule is CCCCCC(=O)N[C@H](CCCCNC(=O)CCC)CC(=O)NCC(C)(C)COCC(C)(C)COC. The van der Waals surface area contributed by atoms with Crippen molar-refractivity contribution in [1.29, 1.82) is 0 Å². The minimum Gasteiger partial charge on any atom is -0.384 e. The average molecular weight is 514 g/mol. The molecule has 0 spiro atoms. The standard InChI is InChI=1S/C28H55N3O5/c1-8-10-11-16-25(33)31-23(15-12-13-17-29-24(32)14-9-2)18-26(34)30-19-27(3,4)21-36-22-28(5,6)20-35-7/h23H,8-22H2,1-7H3,(H,29,32)(H,30,34)(H,31,33)/t23-/m1/s1. The van der Waals surface area contributed by atoms with Crippen LogP contribution in [0.2, 0.25) is 0 Å². The largest absolute Gasteiger partial charge is 0.384 e. The molecule has 0 saturated heterocycles. The summed E-state index contributed by atoms with van der Waals surface area (Å²) in [6, 6.07) is -0.209. The Morgan fingerprint density at radius 1 is 0.750 bits per heavy atom. The third-order valence-corrected chi connectivity index (χ3v) is 5.87. The van der Waals surface area contributed by atoms with Crippen molar-refractivity contribution in [2.45, 2.75) is 112 Å². The highest BCUT2D eigenvalue weighted by Crippen LogP contribution is 2.19. The van der Waals surface area contributed by atoms with E-state index in [-0.39, 0.29) is 41.0 Å². The Balaban J connectivity index is 4.62. The van der Waals surface area contributed by atoms with Crippen molar-refractivity contribution < 1.29 is 23.9 Å². The van der Waals surface area contributed by atoms with E-state index in [2.05, 4.69) is 50.6 Å². The molecule has 3 amide bonds. The van der Waals surface area contributed by atoms with Crippen LogP contribution in [-0.2, 0) is 23.9 Å². The van der Waals surface area contributed by atoms with Gasteiger partial charge in [-0.15, -0.1) is 0 Å². The first-order valence-corrected chi connectivity index (χ1v) is 13.8. The summed E-state index contributed by atoms with van der Waals surface area (Å²) < 4.78 is 11.2. The van der Waals surface area contributed by atoms with Gasteiger partial charge in [-0.1, -0.05) is 54.4 Å². The van der Waals surface area contributed by atoms with Crippen LogP contribution in [0, 0.1) is 10.8 Å². The molecule has 0 aliphatic heterocycles. The number of ether oxygens (including phenoxy) is 2. The van der Waals surface area contributed by atoms with Gasteiger partial charge in [0.25, 0.3) is 0 Å². The number of rotatable bonds is 22. The molecule has 0 aromatic rings. The summed E-state index contributed by atoms with van der Waals surface area (Å²) in [4.78, 5) is 36.7. The maximum atomic E-state index is 12.7.